The van der Waals surface area contributed by atoms with Crippen molar-refractivity contribution < 1.29 is 19.8 Å². The predicted octanol–water partition coefficient (Wildman–Crippen LogP) is -0.979. The van der Waals surface area contributed by atoms with Crippen LogP contribution in [0.15, 0.2) is 0 Å². The second-order valence-electron chi connectivity index (χ2n) is 0.211. The summed E-state index contributed by atoms with van der Waals surface area (Å²) in [6, 6.07) is 0. The Labute approximate surface area is 62.4 Å². The average Bonchev–Trinajstić information content (AvgIpc) is 1.39. The van der Waals surface area contributed by atoms with E-state index in [1.165, 1.54) is 0 Å². The average molecular weight is 115 g/mol. The first-order valence-electron chi connectivity index (χ1n) is 0.988. The Hall–Kier alpha value is -0.0600. The molecule has 0 aromatic carbocycles. The van der Waals surface area contributed by atoms with Crippen LogP contribution in [-0.2, 0) is 9.59 Å². The van der Waals surface area contributed by atoms with E-state index in [0.29, 0.717) is 0 Å². The molecule has 0 amide bonds. The summed E-state index contributed by atoms with van der Waals surface area (Å²) in [5.74, 6) is 0. The molecule has 0 heterocycles. The van der Waals surface area contributed by atoms with Crippen LogP contribution in [0.3, 0.4) is 0 Å². The number of hydrogen-bond donors (Lipinski definition) is 2. The normalized spacial score (nSPS) is 3.43. The first-order valence-corrected chi connectivity index (χ1v) is 0.988. The monoisotopic (exact) mass is 115 g/mol. The molecule has 0 atom stereocenters. The Balaban J connectivity index is -0.0000000400. The van der Waals surface area contributed by atoms with E-state index in [4.69, 9.17) is 19.8 Å². The van der Waals surface area contributed by atoms with E-state index < -0.39 is 0 Å². The molecule has 0 aliphatic carbocycles. The molecular weight excluding hydrogens is 111 g/mol. The molecular formula is C2H4NaO4. The third-order valence-electron chi connectivity index (χ3n) is 0. The van der Waals surface area contributed by atoms with Crippen LogP contribution in [0, 0.1) is 0 Å². The van der Waals surface area contributed by atoms with Gasteiger partial charge in [-0.2, -0.15) is 0 Å². The quantitative estimate of drug-likeness (QED) is 0.314. The van der Waals surface area contributed by atoms with Crippen molar-refractivity contribution in [2.24, 2.45) is 0 Å². The molecule has 7 heavy (non-hydrogen) atoms. The molecule has 0 spiro atoms. The van der Waals surface area contributed by atoms with Crippen molar-refractivity contribution in [1.82, 2.24) is 0 Å². The maximum atomic E-state index is 8.36. The molecule has 0 aliphatic heterocycles. The van der Waals surface area contributed by atoms with Crippen LogP contribution in [0.5, 0.6) is 0 Å². The third kappa shape index (κ3) is 25600. The van der Waals surface area contributed by atoms with Gasteiger partial charge in [0.2, 0.25) is 0 Å². The number of carboxylic acid groups (broad SMARTS) is 2. The van der Waals surface area contributed by atoms with Gasteiger partial charge in [0.25, 0.3) is 12.9 Å². The maximum Gasteiger partial charge on any atom is 0.290 e. The Bertz CT molecular complexity index is 30.7. The van der Waals surface area contributed by atoms with E-state index in [2.05, 4.69) is 0 Å². The number of carbonyl (C=O) groups is 2. The smallest absolute Gasteiger partial charge is 0.290 e. The molecule has 0 rings (SSSR count). The molecule has 1 radical (unpaired) electrons. The van der Waals surface area contributed by atoms with Gasteiger partial charge in [-0.15, -0.1) is 0 Å². The third-order valence-corrected chi connectivity index (χ3v) is 0. The maximum absolute atomic E-state index is 8.36. The Kier molecular flexibility index (Phi) is 86.8. The van der Waals surface area contributed by atoms with Crippen molar-refractivity contribution in [2.45, 2.75) is 0 Å². The van der Waals surface area contributed by atoms with Crippen molar-refractivity contribution in [2.75, 3.05) is 0 Å². The van der Waals surface area contributed by atoms with Gasteiger partial charge in [0.1, 0.15) is 0 Å². The molecule has 0 unspecified atom stereocenters. The summed E-state index contributed by atoms with van der Waals surface area (Å²) in [7, 11) is 0. The van der Waals surface area contributed by atoms with Crippen LogP contribution < -0.4 is 0 Å². The van der Waals surface area contributed by atoms with Gasteiger partial charge in [0, 0.05) is 29.6 Å². The molecule has 37 valence electrons. The molecule has 0 fully saturated rings. The predicted molar refractivity (Wildman–Crippen MR) is 23.1 cm³/mol. The van der Waals surface area contributed by atoms with Gasteiger partial charge in [-0.25, -0.2) is 0 Å². The minimum absolute atomic E-state index is 0. The minimum Gasteiger partial charge on any atom is -0.483 e. The van der Waals surface area contributed by atoms with Crippen LogP contribution in [0.25, 0.3) is 0 Å². The second kappa shape index (κ2) is 38.5. The van der Waals surface area contributed by atoms with E-state index in [9.17, 15) is 0 Å². The molecule has 5 heteroatoms. The van der Waals surface area contributed by atoms with Crippen LogP contribution in [-0.4, -0.2) is 52.7 Å². The van der Waals surface area contributed by atoms with Crippen molar-refractivity contribution in [3.8, 4) is 0 Å². The Morgan fingerprint density at radius 2 is 1.00 bits per heavy atom. The zero-order valence-electron chi connectivity index (χ0n) is 3.87. The van der Waals surface area contributed by atoms with Crippen molar-refractivity contribution >= 4 is 42.5 Å². The standard InChI is InChI=1S/2CH2O2.Na/c2*2-1-3;/h2*1H,(H,2,3);. The summed E-state index contributed by atoms with van der Waals surface area (Å²) >= 11 is 0. The SMILES string of the molecule is O=CO.O=CO.[Na]. The fourth-order valence-corrected chi connectivity index (χ4v) is 0. The van der Waals surface area contributed by atoms with Gasteiger partial charge in [-0.3, -0.25) is 9.59 Å². The van der Waals surface area contributed by atoms with Gasteiger partial charge >= 0.3 is 0 Å². The van der Waals surface area contributed by atoms with E-state index in [0.717, 1.165) is 0 Å². The van der Waals surface area contributed by atoms with Crippen LogP contribution >= 0.6 is 0 Å². The summed E-state index contributed by atoms with van der Waals surface area (Å²) in [5, 5.41) is 13.8. The van der Waals surface area contributed by atoms with E-state index in [1.54, 1.807) is 0 Å². The Morgan fingerprint density at radius 3 is 1.00 bits per heavy atom. The van der Waals surface area contributed by atoms with E-state index >= 15 is 0 Å². The second-order valence-corrected chi connectivity index (χ2v) is 0.211. The van der Waals surface area contributed by atoms with Crippen LogP contribution in [0.1, 0.15) is 0 Å². The first-order chi connectivity index (χ1) is 2.83. The molecule has 0 aromatic heterocycles. The topological polar surface area (TPSA) is 74.6 Å². The molecule has 0 saturated heterocycles. The largest absolute Gasteiger partial charge is 0.483 e. The van der Waals surface area contributed by atoms with Crippen molar-refractivity contribution in [3.63, 3.8) is 0 Å². The van der Waals surface area contributed by atoms with Crippen molar-refractivity contribution in [3.05, 3.63) is 0 Å². The molecule has 0 aromatic rings. The van der Waals surface area contributed by atoms with Gasteiger partial charge in [0.05, 0.1) is 0 Å². The van der Waals surface area contributed by atoms with Gasteiger partial charge < -0.3 is 10.2 Å². The van der Waals surface area contributed by atoms with Crippen LogP contribution in [0.4, 0.5) is 0 Å². The van der Waals surface area contributed by atoms with Gasteiger partial charge in [-0.1, -0.05) is 0 Å². The van der Waals surface area contributed by atoms with Crippen molar-refractivity contribution in [1.29, 1.82) is 0 Å². The zero-order chi connectivity index (χ0) is 5.41. The molecule has 0 saturated carbocycles. The van der Waals surface area contributed by atoms with Gasteiger partial charge in [-0.05, 0) is 0 Å². The fraction of sp³-hybridized carbons (Fsp3) is 0. The molecule has 0 bridgehead atoms. The summed E-state index contributed by atoms with van der Waals surface area (Å²) < 4.78 is 0. The van der Waals surface area contributed by atoms with Gasteiger partial charge in [0.15, 0.2) is 0 Å². The van der Waals surface area contributed by atoms with E-state index in [-0.39, 0.29) is 42.5 Å². The summed E-state index contributed by atoms with van der Waals surface area (Å²) in [6.45, 7) is -0.500. The fourth-order valence-electron chi connectivity index (χ4n) is 0. The number of hydrogen-bond acceptors (Lipinski definition) is 2. The van der Waals surface area contributed by atoms with E-state index in [1.807, 2.05) is 0 Å². The summed E-state index contributed by atoms with van der Waals surface area (Å²) in [5.41, 5.74) is 0. The Morgan fingerprint density at radius 1 is 1.00 bits per heavy atom. The zero-order valence-corrected chi connectivity index (χ0v) is 5.87. The summed E-state index contributed by atoms with van der Waals surface area (Å²) in [6.07, 6.45) is 0. The van der Waals surface area contributed by atoms with Crippen LogP contribution in [0.2, 0.25) is 0 Å². The minimum atomic E-state index is -0.250. The molecule has 4 nitrogen and oxygen atoms in total. The molecule has 2 N–H and O–H groups in total. The molecule has 0 aliphatic rings. The number of rotatable bonds is 0. The first kappa shape index (κ1) is 15.8. The summed E-state index contributed by atoms with van der Waals surface area (Å²) in [4.78, 5) is 16.7.